The Morgan fingerprint density at radius 1 is 1.32 bits per heavy atom. The van der Waals surface area contributed by atoms with Crippen molar-refractivity contribution in [3.05, 3.63) is 35.9 Å². The van der Waals surface area contributed by atoms with E-state index < -0.39 is 0 Å². The van der Waals surface area contributed by atoms with Crippen LogP contribution in [0.1, 0.15) is 18.9 Å². The lowest BCUT2D eigenvalue weighted by Gasteiger charge is -2.21. The smallest absolute Gasteiger partial charge is 0.242 e. The molecule has 0 aromatic heterocycles. The number of carbonyl (C=O) groups is 2. The highest BCUT2D eigenvalue weighted by atomic mass is 35.5. The third-order valence-corrected chi connectivity index (χ3v) is 3.80. The number of likely N-dealkylation sites (N-methyl/N-ethyl adjacent to an activating group) is 1. The monoisotopic (exact) mass is 325 g/mol. The van der Waals surface area contributed by atoms with Gasteiger partial charge in [0.25, 0.3) is 0 Å². The molecule has 122 valence electrons. The van der Waals surface area contributed by atoms with Crippen molar-refractivity contribution in [2.24, 2.45) is 5.92 Å². The molecular weight excluding hydrogens is 302 g/mol. The van der Waals surface area contributed by atoms with Crippen LogP contribution in [0.5, 0.6) is 0 Å². The van der Waals surface area contributed by atoms with Gasteiger partial charge in [-0.05, 0) is 25.5 Å². The predicted octanol–water partition coefficient (Wildman–Crippen LogP) is 1.18. The van der Waals surface area contributed by atoms with Gasteiger partial charge in [0.05, 0.1) is 12.5 Å². The van der Waals surface area contributed by atoms with Crippen molar-refractivity contribution in [1.82, 2.24) is 15.5 Å². The average molecular weight is 326 g/mol. The van der Waals surface area contributed by atoms with Gasteiger partial charge < -0.3 is 15.5 Å². The molecule has 2 amide bonds. The summed E-state index contributed by atoms with van der Waals surface area (Å²) < 4.78 is 0. The fraction of sp³-hybridized carbons (Fsp3) is 0.500. The van der Waals surface area contributed by atoms with Crippen LogP contribution < -0.4 is 10.6 Å². The summed E-state index contributed by atoms with van der Waals surface area (Å²) in [6.07, 6.45) is 0.849. The molecule has 1 fully saturated rings. The highest BCUT2D eigenvalue weighted by molar-refractivity contribution is 5.86. The van der Waals surface area contributed by atoms with E-state index in [1.807, 2.05) is 37.3 Å². The second-order valence-corrected chi connectivity index (χ2v) is 5.30. The highest BCUT2D eigenvalue weighted by Gasteiger charge is 2.23. The number of hydrogen-bond donors (Lipinski definition) is 2. The molecule has 1 aromatic carbocycles. The van der Waals surface area contributed by atoms with Crippen LogP contribution in [0, 0.1) is 5.92 Å². The molecule has 2 N–H and O–H groups in total. The van der Waals surface area contributed by atoms with Crippen LogP contribution in [0.2, 0.25) is 0 Å². The standard InChI is InChI=1S/C16H23N3O2.ClH/c1-2-19(12-13-6-4-3-5-7-13)15(20)11-18-16(21)14-8-9-17-10-14;/h3-7,14,17H,2,8-12H2,1H3,(H,18,21);1H. The maximum absolute atomic E-state index is 12.2. The van der Waals surface area contributed by atoms with E-state index in [-0.39, 0.29) is 36.7 Å². The fourth-order valence-electron chi connectivity index (χ4n) is 2.48. The summed E-state index contributed by atoms with van der Waals surface area (Å²) in [5.74, 6) is -0.0632. The van der Waals surface area contributed by atoms with Crippen LogP contribution in [0.25, 0.3) is 0 Å². The molecule has 0 radical (unpaired) electrons. The van der Waals surface area contributed by atoms with Crippen LogP contribution in [0.15, 0.2) is 30.3 Å². The van der Waals surface area contributed by atoms with E-state index in [0.29, 0.717) is 19.6 Å². The number of halogens is 1. The Morgan fingerprint density at radius 2 is 2.05 bits per heavy atom. The van der Waals surface area contributed by atoms with E-state index in [0.717, 1.165) is 18.5 Å². The lowest BCUT2D eigenvalue weighted by Crippen LogP contribution is -2.42. The maximum Gasteiger partial charge on any atom is 0.242 e. The molecule has 1 saturated heterocycles. The molecule has 1 unspecified atom stereocenters. The van der Waals surface area contributed by atoms with E-state index in [1.165, 1.54) is 0 Å². The van der Waals surface area contributed by atoms with Gasteiger partial charge in [-0.2, -0.15) is 0 Å². The van der Waals surface area contributed by atoms with Gasteiger partial charge in [-0.25, -0.2) is 0 Å². The second-order valence-electron chi connectivity index (χ2n) is 5.30. The summed E-state index contributed by atoms with van der Waals surface area (Å²) in [6, 6.07) is 9.87. The van der Waals surface area contributed by atoms with Crippen LogP contribution in [-0.4, -0.2) is 42.9 Å². The first-order valence-corrected chi connectivity index (χ1v) is 7.51. The number of amides is 2. The Labute approximate surface area is 137 Å². The van der Waals surface area contributed by atoms with E-state index >= 15 is 0 Å². The first-order valence-electron chi connectivity index (χ1n) is 7.51. The summed E-state index contributed by atoms with van der Waals surface area (Å²) in [4.78, 5) is 25.8. The minimum atomic E-state index is -0.0411. The lowest BCUT2D eigenvalue weighted by molar-refractivity contribution is -0.134. The minimum Gasteiger partial charge on any atom is -0.347 e. The van der Waals surface area contributed by atoms with E-state index in [9.17, 15) is 9.59 Å². The van der Waals surface area contributed by atoms with Gasteiger partial charge in [0.1, 0.15) is 0 Å². The number of nitrogens with one attached hydrogen (secondary N) is 2. The van der Waals surface area contributed by atoms with Crippen LogP contribution >= 0.6 is 12.4 Å². The van der Waals surface area contributed by atoms with Crippen molar-refractivity contribution < 1.29 is 9.59 Å². The first kappa shape index (κ1) is 18.5. The molecule has 22 heavy (non-hydrogen) atoms. The molecule has 0 saturated carbocycles. The first-order chi connectivity index (χ1) is 10.2. The van der Waals surface area contributed by atoms with Crippen LogP contribution in [0.4, 0.5) is 0 Å². The third kappa shape index (κ3) is 5.31. The molecule has 1 aromatic rings. The molecular formula is C16H24ClN3O2. The van der Waals surface area contributed by atoms with Gasteiger partial charge in [-0.3, -0.25) is 9.59 Å². The van der Waals surface area contributed by atoms with Crippen LogP contribution in [-0.2, 0) is 16.1 Å². The fourth-order valence-corrected chi connectivity index (χ4v) is 2.48. The van der Waals surface area contributed by atoms with Crippen molar-refractivity contribution in [3.8, 4) is 0 Å². The van der Waals surface area contributed by atoms with Crippen molar-refractivity contribution in [1.29, 1.82) is 0 Å². The third-order valence-electron chi connectivity index (χ3n) is 3.80. The lowest BCUT2D eigenvalue weighted by atomic mass is 10.1. The number of benzene rings is 1. The van der Waals surface area contributed by atoms with Gasteiger partial charge in [0, 0.05) is 19.6 Å². The molecule has 1 heterocycles. The highest BCUT2D eigenvalue weighted by Crippen LogP contribution is 2.07. The summed E-state index contributed by atoms with van der Waals surface area (Å²) in [5.41, 5.74) is 1.10. The largest absolute Gasteiger partial charge is 0.347 e. The molecule has 1 aliphatic heterocycles. The second kappa shape index (κ2) is 9.43. The van der Waals surface area contributed by atoms with Gasteiger partial charge in [-0.1, -0.05) is 30.3 Å². The van der Waals surface area contributed by atoms with E-state index in [2.05, 4.69) is 10.6 Å². The Bertz CT molecular complexity index is 476. The number of nitrogens with zero attached hydrogens (tertiary/aromatic N) is 1. The molecule has 5 nitrogen and oxygen atoms in total. The Morgan fingerprint density at radius 3 is 2.64 bits per heavy atom. The minimum absolute atomic E-state index is 0. The zero-order valence-corrected chi connectivity index (χ0v) is 13.7. The van der Waals surface area contributed by atoms with Gasteiger partial charge >= 0.3 is 0 Å². The quantitative estimate of drug-likeness (QED) is 0.825. The Kier molecular flexibility index (Phi) is 7.91. The van der Waals surface area contributed by atoms with Crippen molar-refractivity contribution in [2.45, 2.75) is 19.9 Å². The molecule has 0 aliphatic carbocycles. The van der Waals surface area contributed by atoms with E-state index in [4.69, 9.17) is 0 Å². The zero-order valence-electron chi connectivity index (χ0n) is 12.9. The SMILES string of the molecule is CCN(Cc1ccccc1)C(=O)CNC(=O)C1CCNC1.Cl. The number of rotatable bonds is 6. The number of carbonyl (C=O) groups excluding carboxylic acids is 2. The summed E-state index contributed by atoms with van der Waals surface area (Å²) >= 11 is 0. The van der Waals surface area contributed by atoms with Gasteiger partial charge in [-0.15, -0.1) is 12.4 Å². The predicted molar refractivity (Wildman–Crippen MR) is 88.8 cm³/mol. The average Bonchev–Trinajstić information content (AvgIpc) is 3.05. The summed E-state index contributed by atoms with van der Waals surface area (Å²) in [5, 5.41) is 5.91. The number of hydrogen-bond acceptors (Lipinski definition) is 3. The molecule has 1 atom stereocenters. The molecule has 0 spiro atoms. The van der Waals surface area contributed by atoms with Crippen molar-refractivity contribution >= 4 is 24.2 Å². The summed E-state index contributed by atoms with van der Waals surface area (Å²) in [6.45, 7) is 4.83. The van der Waals surface area contributed by atoms with Gasteiger partial charge in [0.2, 0.25) is 11.8 Å². The van der Waals surface area contributed by atoms with Crippen molar-refractivity contribution in [3.63, 3.8) is 0 Å². The zero-order chi connectivity index (χ0) is 15.1. The normalized spacial score (nSPS) is 16.7. The molecule has 6 heteroatoms. The van der Waals surface area contributed by atoms with Crippen LogP contribution in [0.3, 0.4) is 0 Å². The maximum atomic E-state index is 12.2. The van der Waals surface area contributed by atoms with E-state index in [1.54, 1.807) is 4.90 Å². The Hall–Kier alpha value is -1.59. The Balaban J connectivity index is 0.00000242. The molecule has 2 rings (SSSR count). The topological polar surface area (TPSA) is 61.4 Å². The molecule has 1 aliphatic rings. The van der Waals surface area contributed by atoms with Gasteiger partial charge in [0.15, 0.2) is 0 Å². The van der Waals surface area contributed by atoms with Crippen molar-refractivity contribution in [2.75, 3.05) is 26.2 Å². The molecule has 0 bridgehead atoms. The summed E-state index contributed by atoms with van der Waals surface area (Å²) in [7, 11) is 0.